The van der Waals surface area contributed by atoms with Crippen LogP contribution in [0, 0.1) is 5.82 Å². The topological polar surface area (TPSA) is 29.1 Å². The van der Waals surface area contributed by atoms with Crippen LogP contribution in [0.15, 0.2) is 47.4 Å². The largest absolute Gasteiger partial charge is 0.324 e. The molecule has 2 nitrogen and oxygen atoms in total. The van der Waals surface area contributed by atoms with Gasteiger partial charge in [-0.15, -0.1) is 11.8 Å². The lowest BCUT2D eigenvalue weighted by Crippen LogP contribution is -2.14. The molecule has 2 aromatic carbocycles. The number of carbonyl (C=O) groups excluding carboxylic acids is 1. The summed E-state index contributed by atoms with van der Waals surface area (Å²) < 4.78 is 13.0. The number of carbonyl (C=O) groups is 1. The molecule has 2 rings (SSSR count). The number of hydrogen-bond acceptors (Lipinski definition) is 2. The molecule has 0 saturated heterocycles. The summed E-state index contributed by atoms with van der Waals surface area (Å²) in [5.41, 5.74) is 0.567. The predicted octanol–water partition coefficient (Wildman–Crippen LogP) is 4.86. The Balaban J connectivity index is 1.92. The van der Waals surface area contributed by atoms with Crippen molar-refractivity contribution in [2.75, 3.05) is 11.1 Å². The summed E-state index contributed by atoms with van der Waals surface area (Å²) in [7, 11) is 0. The molecule has 0 atom stereocenters. The minimum Gasteiger partial charge on any atom is -0.324 e. The van der Waals surface area contributed by atoms with Gasteiger partial charge in [-0.2, -0.15) is 0 Å². The standard InChI is InChI=1S/C14H10Cl2FNOS/c15-10-3-1-2-4-13(10)18-14(19)8-20-9-5-6-12(17)11(16)7-9/h1-7H,8H2,(H,18,19). The molecule has 0 spiro atoms. The van der Waals surface area contributed by atoms with Gasteiger partial charge < -0.3 is 5.32 Å². The van der Waals surface area contributed by atoms with Gasteiger partial charge in [-0.1, -0.05) is 35.3 Å². The number of hydrogen-bond donors (Lipinski definition) is 1. The number of thioether (sulfide) groups is 1. The van der Waals surface area contributed by atoms with Crippen molar-refractivity contribution in [3.8, 4) is 0 Å². The van der Waals surface area contributed by atoms with Crippen molar-refractivity contribution >= 4 is 46.6 Å². The summed E-state index contributed by atoms with van der Waals surface area (Å²) >= 11 is 12.9. The monoisotopic (exact) mass is 329 g/mol. The number of halogens is 3. The van der Waals surface area contributed by atoms with Crippen LogP contribution in [0.25, 0.3) is 0 Å². The van der Waals surface area contributed by atoms with Gasteiger partial charge in [0.2, 0.25) is 5.91 Å². The Morgan fingerprint density at radius 3 is 2.60 bits per heavy atom. The predicted molar refractivity (Wildman–Crippen MR) is 82.2 cm³/mol. The van der Waals surface area contributed by atoms with Crippen LogP contribution in [-0.2, 0) is 4.79 Å². The molecule has 20 heavy (non-hydrogen) atoms. The van der Waals surface area contributed by atoms with Gasteiger partial charge in [-0.05, 0) is 30.3 Å². The first-order valence-electron chi connectivity index (χ1n) is 5.68. The molecule has 0 aliphatic rings. The molecular formula is C14H10Cl2FNOS. The third kappa shape index (κ3) is 4.13. The number of amides is 1. The number of para-hydroxylation sites is 1. The van der Waals surface area contributed by atoms with Crippen LogP contribution in [0.4, 0.5) is 10.1 Å². The molecule has 1 amide bonds. The Bertz CT molecular complexity index is 636. The Morgan fingerprint density at radius 1 is 1.15 bits per heavy atom. The van der Waals surface area contributed by atoms with Gasteiger partial charge in [0, 0.05) is 4.90 Å². The second-order valence-corrected chi connectivity index (χ2v) is 5.76. The van der Waals surface area contributed by atoms with Crippen LogP contribution in [0.2, 0.25) is 10.0 Å². The Labute approximate surface area is 130 Å². The highest BCUT2D eigenvalue weighted by molar-refractivity contribution is 8.00. The Kier molecular flexibility index (Phi) is 5.29. The van der Waals surface area contributed by atoms with E-state index in [1.54, 1.807) is 30.3 Å². The molecule has 2 aromatic rings. The van der Waals surface area contributed by atoms with Gasteiger partial charge in [0.05, 0.1) is 21.5 Å². The van der Waals surface area contributed by atoms with E-state index < -0.39 is 5.82 Å². The van der Waals surface area contributed by atoms with E-state index in [-0.39, 0.29) is 16.7 Å². The molecule has 0 radical (unpaired) electrons. The van der Waals surface area contributed by atoms with Gasteiger partial charge >= 0.3 is 0 Å². The van der Waals surface area contributed by atoms with Gasteiger partial charge in [-0.3, -0.25) is 4.79 Å². The van der Waals surface area contributed by atoms with Crippen molar-refractivity contribution < 1.29 is 9.18 Å². The first-order chi connectivity index (χ1) is 9.56. The number of anilines is 1. The van der Waals surface area contributed by atoms with Gasteiger partial charge in [-0.25, -0.2) is 4.39 Å². The number of rotatable bonds is 4. The zero-order valence-electron chi connectivity index (χ0n) is 10.2. The third-order valence-electron chi connectivity index (χ3n) is 2.41. The van der Waals surface area contributed by atoms with E-state index >= 15 is 0 Å². The van der Waals surface area contributed by atoms with Gasteiger partial charge in [0.25, 0.3) is 0 Å². The van der Waals surface area contributed by atoms with Crippen molar-refractivity contribution in [2.24, 2.45) is 0 Å². The van der Waals surface area contributed by atoms with Crippen LogP contribution in [-0.4, -0.2) is 11.7 Å². The van der Waals surface area contributed by atoms with E-state index in [4.69, 9.17) is 23.2 Å². The molecule has 0 aliphatic heterocycles. The highest BCUT2D eigenvalue weighted by Gasteiger charge is 2.07. The van der Waals surface area contributed by atoms with E-state index in [0.29, 0.717) is 10.7 Å². The minimum absolute atomic E-state index is 0.0431. The Morgan fingerprint density at radius 2 is 1.90 bits per heavy atom. The second-order valence-electron chi connectivity index (χ2n) is 3.89. The van der Waals surface area contributed by atoms with Crippen molar-refractivity contribution in [3.05, 3.63) is 58.3 Å². The van der Waals surface area contributed by atoms with E-state index in [2.05, 4.69) is 5.32 Å². The average molecular weight is 330 g/mol. The first kappa shape index (κ1) is 15.2. The van der Waals surface area contributed by atoms with E-state index in [9.17, 15) is 9.18 Å². The van der Waals surface area contributed by atoms with E-state index in [0.717, 1.165) is 4.90 Å². The molecule has 104 valence electrons. The molecule has 0 fully saturated rings. The van der Waals surface area contributed by atoms with Crippen molar-refractivity contribution in [2.45, 2.75) is 4.90 Å². The molecule has 0 unspecified atom stereocenters. The first-order valence-corrected chi connectivity index (χ1v) is 7.42. The maximum atomic E-state index is 13.0. The van der Waals surface area contributed by atoms with E-state index in [1.807, 2.05) is 0 Å². The molecule has 0 saturated carbocycles. The Hall–Kier alpha value is -1.23. The summed E-state index contributed by atoms with van der Waals surface area (Å²) in [6.45, 7) is 0. The highest BCUT2D eigenvalue weighted by Crippen LogP contribution is 2.25. The molecule has 1 N–H and O–H groups in total. The normalized spacial score (nSPS) is 10.3. The van der Waals surface area contributed by atoms with Gasteiger partial charge in [0.15, 0.2) is 0 Å². The fourth-order valence-corrected chi connectivity index (χ4v) is 2.63. The summed E-state index contributed by atoms with van der Waals surface area (Å²) in [4.78, 5) is 12.5. The number of nitrogens with one attached hydrogen (secondary N) is 1. The summed E-state index contributed by atoms with van der Waals surface area (Å²) in [6, 6.07) is 11.3. The van der Waals surface area contributed by atoms with Crippen LogP contribution in [0.1, 0.15) is 0 Å². The summed E-state index contributed by atoms with van der Waals surface area (Å²) in [6.07, 6.45) is 0. The fraction of sp³-hybridized carbons (Fsp3) is 0.0714. The molecular weight excluding hydrogens is 320 g/mol. The second kappa shape index (κ2) is 6.97. The molecule has 0 aromatic heterocycles. The molecule has 6 heteroatoms. The van der Waals surface area contributed by atoms with Gasteiger partial charge in [0.1, 0.15) is 5.82 Å². The quantitative estimate of drug-likeness (QED) is 0.811. The lowest BCUT2D eigenvalue weighted by Gasteiger charge is -2.07. The zero-order chi connectivity index (χ0) is 14.5. The SMILES string of the molecule is O=C(CSc1ccc(F)c(Cl)c1)Nc1ccccc1Cl. The lowest BCUT2D eigenvalue weighted by molar-refractivity contribution is -0.113. The van der Waals surface area contributed by atoms with Crippen LogP contribution >= 0.6 is 35.0 Å². The van der Waals surface area contributed by atoms with Crippen LogP contribution in [0.5, 0.6) is 0 Å². The van der Waals surface area contributed by atoms with Crippen molar-refractivity contribution in [1.82, 2.24) is 0 Å². The fourth-order valence-electron chi connectivity index (χ4n) is 1.46. The van der Waals surface area contributed by atoms with Crippen LogP contribution < -0.4 is 5.32 Å². The van der Waals surface area contributed by atoms with E-state index in [1.165, 1.54) is 23.9 Å². The minimum atomic E-state index is -0.475. The average Bonchev–Trinajstić information content (AvgIpc) is 2.43. The zero-order valence-corrected chi connectivity index (χ0v) is 12.5. The molecule has 0 bridgehead atoms. The van der Waals surface area contributed by atoms with Crippen LogP contribution in [0.3, 0.4) is 0 Å². The highest BCUT2D eigenvalue weighted by atomic mass is 35.5. The third-order valence-corrected chi connectivity index (χ3v) is 4.02. The maximum absolute atomic E-state index is 13.0. The number of benzene rings is 2. The lowest BCUT2D eigenvalue weighted by atomic mass is 10.3. The summed E-state index contributed by atoms with van der Waals surface area (Å²) in [5.74, 6) is -0.479. The smallest absolute Gasteiger partial charge is 0.234 e. The van der Waals surface area contributed by atoms with Crippen molar-refractivity contribution in [3.63, 3.8) is 0 Å². The molecule has 0 aliphatic carbocycles. The maximum Gasteiger partial charge on any atom is 0.234 e. The summed E-state index contributed by atoms with van der Waals surface area (Å²) in [5, 5.41) is 3.23. The van der Waals surface area contributed by atoms with Crippen molar-refractivity contribution in [1.29, 1.82) is 0 Å². The molecule has 0 heterocycles.